The molecule has 0 saturated heterocycles. The second-order valence-corrected chi connectivity index (χ2v) is 6.37. The van der Waals surface area contributed by atoms with Crippen LogP contribution in [0.2, 0.25) is 0 Å². The van der Waals surface area contributed by atoms with Gasteiger partial charge in [0.25, 0.3) is 0 Å². The van der Waals surface area contributed by atoms with Gasteiger partial charge in [0.15, 0.2) is 0 Å². The van der Waals surface area contributed by atoms with Crippen LogP contribution in [-0.4, -0.2) is 16.3 Å². The third-order valence-electron chi connectivity index (χ3n) is 2.35. The van der Waals surface area contributed by atoms with E-state index in [0.717, 1.165) is 15.1 Å². The van der Waals surface area contributed by atoms with Crippen LogP contribution in [0.1, 0.15) is 12.6 Å². The fraction of sp³-hybridized carbons (Fsp3) is 0.231. The Morgan fingerprint density at radius 2 is 2.26 bits per heavy atom. The summed E-state index contributed by atoms with van der Waals surface area (Å²) in [5.74, 6) is 0.269. The number of hydrogen-bond donors (Lipinski definition) is 1. The van der Waals surface area contributed by atoms with Crippen molar-refractivity contribution >= 4 is 39.5 Å². The van der Waals surface area contributed by atoms with Gasteiger partial charge in [-0.3, -0.25) is 10.1 Å². The molecule has 0 bridgehead atoms. The minimum absolute atomic E-state index is 0.110. The molecule has 6 heteroatoms. The number of benzene rings is 1. The number of thioether (sulfide) groups is 1. The number of nitrogens with zero attached hydrogens (tertiary/aromatic N) is 1. The number of aryl methyl sites for hydroxylation is 1. The molecule has 1 unspecified atom stereocenters. The molecule has 0 aliphatic rings. The van der Waals surface area contributed by atoms with E-state index >= 15 is 0 Å². The van der Waals surface area contributed by atoms with Crippen LogP contribution in [0.4, 0.5) is 5.88 Å². The molecule has 1 aromatic heterocycles. The van der Waals surface area contributed by atoms with Gasteiger partial charge in [0.2, 0.25) is 11.8 Å². The maximum Gasteiger partial charge on any atom is 0.239 e. The molecule has 4 nitrogen and oxygen atoms in total. The van der Waals surface area contributed by atoms with Crippen LogP contribution >= 0.6 is 27.7 Å². The van der Waals surface area contributed by atoms with Crippen molar-refractivity contribution in [1.29, 1.82) is 0 Å². The highest BCUT2D eigenvalue weighted by Crippen LogP contribution is 2.26. The zero-order valence-electron chi connectivity index (χ0n) is 10.5. The van der Waals surface area contributed by atoms with Gasteiger partial charge in [0.1, 0.15) is 0 Å². The summed E-state index contributed by atoms with van der Waals surface area (Å²) in [6.45, 7) is 3.66. The first-order chi connectivity index (χ1) is 9.04. The van der Waals surface area contributed by atoms with E-state index in [-0.39, 0.29) is 11.2 Å². The third-order valence-corrected chi connectivity index (χ3v) is 3.94. The first kappa shape index (κ1) is 14.1. The minimum Gasteiger partial charge on any atom is -0.338 e. The Morgan fingerprint density at radius 3 is 2.89 bits per heavy atom. The predicted octanol–water partition coefficient (Wildman–Crippen LogP) is 3.86. The van der Waals surface area contributed by atoms with E-state index in [1.807, 2.05) is 31.2 Å². The van der Waals surface area contributed by atoms with Gasteiger partial charge in [-0.05, 0) is 32.0 Å². The molecule has 1 atom stereocenters. The van der Waals surface area contributed by atoms with Gasteiger partial charge in [-0.1, -0.05) is 27.2 Å². The maximum atomic E-state index is 12.0. The van der Waals surface area contributed by atoms with Crippen molar-refractivity contribution in [1.82, 2.24) is 5.16 Å². The van der Waals surface area contributed by atoms with Crippen LogP contribution in [0, 0.1) is 6.92 Å². The highest BCUT2D eigenvalue weighted by Gasteiger charge is 2.16. The smallest absolute Gasteiger partial charge is 0.239 e. The van der Waals surface area contributed by atoms with Gasteiger partial charge < -0.3 is 4.52 Å². The van der Waals surface area contributed by atoms with Crippen molar-refractivity contribution in [3.8, 4) is 0 Å². The first-order valence-corrected chi connectivity index (χ1v) is 7.38. The molecule has 2 aromatic rings. The topological polar surface area (TPSA) is 55.1 Å². The number of amides is 1. The highest BCUT2D eigenvalue weighted by atomic mass is 79.9. The quantitative estimate of drug-likeness (QED) is 0.858. The summed E-state index contributed by atoms with van der Waals surface area (Å²) in [5, 5.41) is 6.20. The average molecular weight is 341 g/mol. The molecule has 1 amide bonds. The molecule has 1 N–H and O–H groups in total. The van der Waals surface area contributed by atoms with Crippen molar-refractivity contribution in [2.24, 2.45) is 0 Å². The Balaban J connectivity index is 1.96. The fourth-order valence-electron chi connectivity index (χ4n) is 1.44. The highest BCUT2D eigenvalue weighted by molar-refractivity contribution is 9.10. The number of hydrogen-bond acceptors (Lipinski definition) is 4. The van der Waals surface area contributed by atoms with Crippen LogP contribution in [0.3, 0.4) is 0 Å². The van der Waals surface area contributed by atoms with Gasteiger partial charge >= 0.3 is 0 Å². The van der Waals surface area contributed by atoms with Gasteiger partial charge in [0, 0.05) is 15.4 Å². The molecule has 0 radical (unpaired) electrons. The Kier molecular flexibility index (Phi) is 4.66. The predicted molar refractivity (Wildman–Crippen MR) is 79.3 cm³/mol. The van der Waals surface area contributed by atoms with E-state index in [1.54, 1.807) is 13.0 Å². The number of carbonyl (C=O) groups excluding carboxylic acids is 1. The molecule has 2 rings (SSSR count). The number of carbonyl (C=O) groups is 1. The standard InChI is InChI=1S/C13H13BrN2O2S/c1-8-6-12(18-16-8)15-13(17)9(2)19-11-5-3-4-10(14)7-11/h3-7,9H,1-2H3,(H,15,17). The lowest BCUT2D eigenvalue weighted by atomic mass is 10.4. The van der Waals surface area contributed by atoms with Crippen LogP contribution in [-0.2, 0) is 4.79 Å². The summed E-state index contributed by atoms with van der Waals surface area (Å²) in [4.78, 5) is 13.0. The van der Waals surface area contributed by atoms with Gasteiger partial charge in [0.05, 0.1) is 10.9 Å². The second-order valence-electron chi connectivity index (χ2n) is 4.04. The van der Waals surface area contributed by atoms with Crippen LogP contribution < -0.4 is 5.32 Å². The van der Waals surface area contributed by atoms with E-state index in [0.29, 0.717) is 5.88 Å². The zero-order chi connectivity index (χ0) is 13.8. The third kappa shape index (κ3) is 4.11. The first-order valence-electron chi connectivity index (χ1n) is 5.71. The largest absolute Gasteiger partial charge is 0.338 e. The lowest BCUT2D eigenvalue weighted by Gasteiger charge is -2.10. The van der Waals surface area contributed by atoms with Crippen molar-refractivity contribution in [2.45, 2.75) is 24.0 Å². The summed E-state index contributed by atoms with van der Waals surface area (Å²) in [7, 11) is 0. The van der Waals surface area contributed by atoms with E-state index in [1.165, 1.54) is 11.8 Å². The van der Waals surface area contributed by atoms with E-state index < -0.39 is 0 Å². The average Bonchev–Trinajstić information content (AvgIpc) is 2.74. The molecule has 0 spiro atoms. The lowest BCUT2D eigenvalue weighted by molar-refractivity contribution is -0.115. The molecule has 0 saturated carbocycles. The van der Waals surface area contributed by atoms with Crippen molar-refractivity contribution in [3.63, 3.8) is 0 Å². The summed E-state index contributed by atoms with van der Waals surface area (Å²) in [6.07, 6.45) is 0. The van der Waals surface area contributed by atoms with E-state index in [9.17, 15) is 4.79 Å². The minimum atomic E-state index is -0.222. The molecule has 100 valence electrons. The van der Waals surface area contributed by atoms with Crippen LogP contribution in [0.15, 0.2) is 44.2 Å². The van der Waals surface area contributed by atoms with Crippen LogP contribution in [0.5, 0.6) is 0 Å². The Labute approximate surface area is 124 Å². The molecule has 19 heavy (non-hydrogen) atoms. The fourth-order valence-corrected chi connectivity index (χ4v) is 2.92. The Morgan fingerprint density at radius 1 is 1.47 bits per heavy atom. The number of halogens is 1. The molecule has 1 heterocycles. The molecule has 0 fully saturated rings. The zero-order valence-corrected chi connectivity index (χ0v) is 12.9. The number of nitrogens with one attached hydrogen (secondary N) is 1. The summed E-state index contributed by atoms with van der Waals surface area (Å²) < 4.78 is 5.95. The Hall–Kier alpha value is -1.27. The summed E-state index contributed by atoms with van der Waals surface area (Å²) in [6, 6.07) is 9.53. The van der Waals surface area contributed by atoms with Crippen LogP contribution in [0.25, 0.3) is 0 Å². The summed E-state index contributed by atoms with van der Waals surface area (Å²) in [5.41, 5.74) is 0.739. The van der Waals surface area contributed by atoms with Gasteiger partial charge in [-0.15, -0.1) is 11.8 Å². The normalized spacial score (nSPS) is 12.2. The van der Waals surface area contributed by atoms with E-state index in [4.69, 9.17) is 4.52 Å². The van der Waals surface area contributed by atoms with Gasteiger partial charge in [-0.25, -0.2) is 0 Å². The molecular formula is C13H13BrN2O2S. The van der Waals surface area contributed by atoms with Crippen molar-refractivity contribution < 1.29 is 9.32 Å². The van der Waals surface area contributed by atoms with Crippen molar-refractivity contribution in [3.05, 3.63) is 40.5 Å². The van der Waals surface area contributed by atoms with E-state index in [2.05, 4.69) is 26.4 Å². The number of anilines is 1. The second kappa shape index (κ2) is 6.25. The SMILES string of the molecule is Cc1cc(NC(=O)C(C)Sc2cccc(Br)c2)on1. The van der Waals surface area contributed by atoms with Crippen molar-refractivity contribution in [2.75, 3.05) is 5.32 Å². The maximum absolute atomic E-state index is 12.0. The summed E-state index contributed by atoms with van der Waals surface area (Å²) >= 11 is 4.90. The molecule has 1 aromatic carbocycles. The lowest BCUT2D eigenvalue weighted by Crippen LogP contribution is -2.22. The number of rotatable bonds is 4. The molecular weight excluding hydrogens is 328 g/mol. The van der Waals surface area contributed by atoms with Gasteiger partial charge in [-0.2, -0.15) is 0 Å². The number of aromatic nitrogens is 1. The monoisotopic (exact) mass is 340 g/mol. The molecule has 0 aliphatic heterocycles. The molecule has 0 aliphatic carbocycles. The Bertz CT molecular complexity index is 586.